The van der Waals surface area contributed by atoms with Crippen molar-refractivity contribution in [1.29, 1.82) is 0 Å². The number of rotatable bonds is 5. The summed E-state index contributed by atoms with van der Waals surface area (Å²) in [5, 5.41) is 3.19. The molecule has 0 spiro atoms. The molecule has 0 aromatic heterocycles. The highest BCUT2D eigenvalue weighted by atomic mass is 16.5. The predicted molar refractivity (Wildman–Crippen MR) is 71.6 cm³/mol. The average molecular weight is 268 g/mol. The molecule has 5 nitrogen and oxygen atoms in total. The normalized spacial score (nSPS) is 27.1. The van der Waals surface area contributed by atoms with Crippen molar-refractivity contribution in [2.45, 2.75) is 63.6 Å². The van der Waals surface area contributed by atoms with E-state index < -0.39 is 0 Å². The van der Waals surface area contributed by atoms with Gasteiger partial charge in [0.15, 0.2) is 0 Å². The van der Waals surface area contributed by atoms with E-state index in [0.29, 0.717) is 13.0 Å². The Hall–Kier alpha value is -0.940. The van der Waals surface area contributed by atoms with Crippen LogP contribution in [0.15, 0.2) is 0 Å². The van der Waals surface area contributed by atoms with E-state index in [4.69, 9.17) is 4.74 Å². The molecule has 1 saturated carbocycles. The lowest BCUT2D eigenvalue weighted by molar-refractivity contribution is -0.142. The Morgan fingerprint density at radius 2 is 2.00 bits per heavy atom. The van der Waals surface area contributed by atoms with Crippen LogP contribution in [0.2, 0.25) is 0 Å². The molecule has 1 aliphatic carbocycles. The summed E-state index contributed by atoms with van der Waals surface area (Å²) in [6.45, 7) is 2.51. The zero-order valence-corrected chi connectivity index (χ0v) is 11.9. The van der Waals surface area contributed by atoms with Gasteiger partial charge < -0.3 is 10.1 Å². The number of carbonyl (C=O) groups is 2. The fourth-order valence-corrected chi connectivity index (χ4v) is 3.15. The summed E-state index contributed by atoms with van der Waals surface area (Å²) in [5.74, 6) is -0.0566. The van der Waals surface area contributed by atoms with Crippen LogP contribution in [0.1, 0.15) is 45.4 Å². The lowest BCUT2D eigenvalue weighted by Crippen LogP contribution is -2.47. The third-order valence-corrected chi connectivity index (χ3v) is 4.03. The highest BCUT2D eigenvalue weighted by Crippen LogP contribution is 2.27. The second kappa shape index (κ2) is 6.48. The van der Waals surface area contributed by atoms with E-state index in [1.165, 1.54) is 11.3 Å². The molecule has 2 fully saturated rings. The molecule has 2 atom stereocenters. The summed E-state index contributed by atoms with van der Waals surface area (Å²) >= 11 is 0. The van der Waals surface area contributed by atoms with Crippen molar-refractivity contribution in [1.82, 2.24) is 10.2 Å². The highest BCUT2D eigenvalue weighted by molar-refractivity contribution is 6.05. The molecule has 19 heavy (non-hydrogen) atoms. The number of carbonyl (C=O) groups excluding carboxylic acids is 2. The zero-order valence-electron chi connectivity index (χ0n) is 11.9. The maximum atomic E-state index is 12.4. The van der Waals surface area contributed by atoms with Crippen LogP contribution in [-0.2, 0) is 14.3 Å². The van der Waals surface area contributed by atoms with Gasteiger partial charge in [-0.1, -0.05) is 19.3 Å². The Balaban J connectivity index is 1.95. The van der Waals surface area contributed by atoms with Crippen molar-refractivity contribution in [3.8, 4) is 0 Å². The first kappa shape index (κ1) is 14.5. The van der Waals surface area contributed by atoms with E-state index in [9.17, 15) is 9.59 Å². The number of likely N-dealkylation sites (tertiary alicyclic amines) is 1. The highest BCUT2D eigenvalue weighted by Gasteiger charge is 2.42. The van der Waals surface area contributed by atoms with Crippen LogP contribution in [0, 0.1) is 0 Å². The smallest absolute Gasteiger partial charge is 0.247 e. The Labute approximate surface area is 114 Å². The van der Waals surface area contributed by atoms with E-state index in [-0.39, 0.29) is 29.9 Å². The minimum Gasteiger partial charge on any atom is -0.383 e. The summed E-state index contributed by atoms with van der Waals surface area (Å²) in [7, 11) is 1.63. The van der Waals surface area contributed by atoms with Crippen molar-refractivity contribution < 1.29 is 14.3 Å². The minimum atomic E-state index is -0.362. The molecule has 2 unspecified atom stereocenters. The number of imide groups is 1. The fourth-order valence-electron chi connectivity index (χ4n) is 3.15. The largest absolute Gasteiger partial charge is 0.383 e. The molecule has 2 amide bonds. The van der Waals surface area contributed by atoms with E-state index in [1.54, 1.807) is 7.11 Å². The molecule has 1 aliphatic heterocycles. The van der Waals surface area contributed by atoms with Gasteiger partial charge in [-0.3, -0.25) is 14.5 Å². The van der Waals surface area contributed by atoms with E-state index >= 15 is 0 Å². The summed E-state index contributed by atoms with van der Waals surface area (Å²) < 4.78 is 5.05. The number of nitrogens with one attached hydrogen (secondary N) is 1. The zero-order chi connectivity index (χ0) is 13.8. The SMILES string of the molecule is COCC(C)NC1CC(=O)N(C2CCCCC2)C1=O. The minimum absolute atomic E-state index is 0.0148. The number of nitrogens with zero attached hydrogens (tertiary/aromatic N) is 1. The quantitative estimate of drug-likeness (QED) is 0.758. The summed E-state index contributed by atoms with van der Waals surface area (Å²) in [5.41, 5.74) is 0. The summed E-state index contributed by atoms with van der Waals surface area (Å²) in [6.07, 6.45) is 5.71. The van der Waals surface area contributed by atoms with E-state index in [2.05, 4.69) is 5.32 Å². The Morgan fingerprint density at radius 1 is 1.32 bits per heavy atom. The second-order valence-corrected chi connectivity index (χ2v) is 5.67. The number of hydrogen-bond donors (Lipinski definition) is 1. The van der Waals surface area contributed by atoms with Crippen LogP contribution in [-0.4, -0.2) is 48.6 Å². The Morgan fingerprint density at radius 3 is 2.63 bits per heavy atom. The third-order valence-electron chi connectivity index (χ3n) is 4.03. The van der Waals surface area contributed by atoms with Crippen molar-refractivity contribution in [3.63, 3.8) is 0 Å². The number of amides is 2. The first-order chi connectivity index (χ1) is 9.13. The summed E-state index contributed by atoms with van der Waals surface area (Å²) in [4.78, 5) is 25.9. The van der Waals surface area contributed by atoms with Crippen LogP contribution >= 0.6 is 0 Å². The van der Waals surface area contributed by atoms with Crippen molar-refractivity contribution >= 4 is 11.8 Å². The summed E-state index contributed by atoms with van der Waals surface area (Å²) in [6, 6.07) is -0.143. The van der Waals surface area contributed by atoms with Gasteiger partial charge >= 0.3 is 0 Å². The van der Waals surface area contributed by atoms with Gasteiger partial charge in [0.1, 0.15) is 0 Å². The fraction of sp³-hybridized carbons (Fsp3) is 0.857. The molecule has 0 aromatic rings. The molecule has 1 saturated heterocycles. The molecule has 2 aliphatic rings. The van der Waals surface area contributed by atoms with E-state index in [1.807, 2.05) is 6.92 Å². The second-order valence-electron chi connectivity index (χ2n) is 5.67. The molecular formula is C14H24N2O3. The first-order valence-electron chi connectivity index (χ1n) is 7.24. The average Bonchev–Trinajstić information content (AvgIpc) is 2.66. The Bertz CT molecular complexity index is 340. The monoisotopic (exact) mass is 268 g/mol. The molecule has 1 heterocycles. The Kier molecular flexibility index (Phi) is 4.93. The maximum Gasteiger partial charge on any atom is 0.247 e. The van der Waals surface area contributed by atoms with Gasteiger partial charge in [-0.15, -0.1) is 0 Å². The molecule has 0 aromatic carbocycles. The lowest BCUT2D eigenvalue weighted by atomic mass is 9.94. The topological polar surface area (TPSA) is 58.6 Å². The van der Waals surface area contributed by atoms with Gasteiger partial charge in [-0.05, 0) is 19.8 Å². The standard InChI is InChI=1S/C14H24N2O3/c1-10(9-19-2)15-12-8-13(17)16(14(12)18)11-6-4-3-5-7-11/h10-12,15H,3-9H2,1-2H3. The number of ether oxygens (including phenoxy) is 1. The van der Waals surface area contributed by atoms with Crippen LogP contribution in [0.4, 0.5) is 0 Å². The van der Waals surface area contributed by atoms with Gasteiger partial charge in [-0.2, -0.15) is 0 Å². The van der Waals surface area contributed by atoms with Crippen LogP contribution in [0.3, 0.4) is 0 Å². The number of hydrogen-bond acceptors (Lipinski definition) is 4. The molecule has 2 rings (SSSR count). The van der Waals surface area contributed by atoms with Crippen molar-refractivity contribution in [2.75, 3.05) is 13.7 Å². The van der Waals surface area contributed by atoms with Gasteiger partial charge in [0.2, 0.25) is 11.8 Å². The molecule has 0 radical (unpaired) electrons. The molecule has 1 N–H and O–H groups in total. The predicted octanol–water partition coefficient (Wildman–Crippen LogP) is 1.07. The molecule has 108 valence electrons. The third kappa shape index (κ3) is 3.34. The van der Waals surface area contributed by atoms with Crippen molar-refractivity contribution in [3.05, 3.63) is 0 Å². The van der Waals surface area contributed by atoms with E-state index in [0.717, 1.165) is 25.7 Å². The molecule has 5 heteroatoms. The van der Waals surface area contributed by atoms with Gasteiger partial charge in [0, 0.05) is 19.2 Å². The van der Waals surface area contributed by atoms with Gasteiger partial charge in [-0.25, -0.2) is 0 Å². The lowest BCUT2D eigenvalue weighted by Gasteiger charge is -2.30. The maximum absolute atomic E-state index is 12.4. The van der Waals surface area contributed by atoms with Crippen molar-refractivity contribution in [2.24, 2.45) is 0 Å². The number of methoxy groups -OCH3 is 1. The molecule has 0 bridgehead atoms. The van der Waals surface area contributed by atoms with Gasteiger partial charge in [0.05, 0.1) is 19.1 Å². The van der Waals surface area contributed by atoms with Crippen LogP contribution < -0.4 is 5.32 Å². The van der Waals surface area contributed by atoms with Gasteiger partial charge in [0.25, 0.3) is 0 Å². The first-order valence-corrected chi connectivity index (χ1v) is 7.24. The molecular weight excluding hydrogens is 244 g/mol. The van der Waals surface area contributed by atoms with Crippen LogP contribution in [0.5, 0.6) is 0 Å². The van der Waals surface area contributed by atoms with Crippen LogP contribution in [0.25, 0.3) is 0 Å².